The molecule has 1 unspecified atom stereocenters. The Morgan fingerprint density at radius 1 is 1.34 bits per heavy atom. The quantitative estimate of drug-likeness (QED) is 0.539. The highest BCUT2D eigenvalue weighted by Gasteiger charge is 2.21. The number of aromatic nitrogens is 2. The van der Waals surface area contributed by atoms with Gasteiger partial charge in [-0.05, 0) is 44.9 Å². The Bertz CT molecular complexity index is 1080. The molecular weight excluding hydrogens is 382 g/mol. The van der Waals surface area contributed by atoms with Crippen molar-refractivity contribution in [2.75, 3.05) is 13.1 Å². The highest BCUT2D eigenvalue weighted by molar-refractivity contribution is 7.17. The van der Waals surface area contributed by atoms with Gasteiger partial charge >= 0.3 is 0 Å². The first-order valence-corrected chi connectivity index (χ1v) is 10.8. The normalized spacial score (nSPS) is 13.7. The van der Waals surface area contributed by atoms with E-state index in [0.717, 1.165) is 34.5 Å². The number of aliphatic hydroxyl groups is 1. The molecule has 2 heterocycles. The first kappa shape index (κ1) is 21.4. The van der Waals surface area contributed by atoms with Gasteiger partial charge in [-0.15, -0.1) is 17.9 Å². The number of hydrogen-bond acceptors (Lipinski definition) is 5. The highest BCUT2D eigenvalue weighted by Crippen LogP contribution is 2.33. The predicted octanol–water partition coefficient (Wildman–Crippen LogP) is 4.42. The molecule has 5 nitrogen and oxygen atoms in total. The lowest BCUT2D eigenvalue weighted by molar-refractivity contribution is 0.0578. The fourth-order valence-corrected chi connectivity index (χ4v) is 4.60. The van der Waals surface area contributed by atoms with Crippen molar-refractivity contribution in [2.45, 2.75) is 46.3 Å². The van der Waals surface area contributed by atoms with Gasteiger partial charge in [0.1, 0.15) is 10.7 Å². The van der Waals surface area contributed by atoms with Crippen molar-refractivity contribution in [2.24, 2.45) is 0 Å². The van der Waals surface area contributed by atoms with Gasteiger partial charge in [-0.25, -0.2) is 4.98 Å². The maximum absolute atomic E-state index is 12.9. The second-order valence-electron chi connectivity index (χ2n) is 7.93. The molecule has 0 bridgehead atoms. The summed E-state index contributed by atoms with van der Waals surface area (Å²) in [6.45, 7) is 13.4. The summed E-state index contributed by atoms with van der Waals surface area (Å²) in [4.78, 5) is 23.5. The zero-order chi connectivity index (χ0) is 21.2. The van der Waals surface area contributed by atoms with Crippen LogP contribution >= 0.6 is 11.3 Å². The standard InChI is InChI=1S/C23H29N3O2S/c1-6-10-26(14-23(5,28)7-2)12-19-24-21(27)20-18(13-29-22(20)25-19)17-9-8-15(3)11-16(17)4/h7-9,11,13,28H,2,6,10,12,14H2,1,3-5H3,(H,24,25,27). The summed E-state index contributed by atoms with van der Waals surface area (Å²) in [5, 5.41) is 13.0. The number of aryl methyl sites for hydroxylation is 2. The van der Waals surface area contributed by atoms with E-state index >= 15 is 0 Å². The fourth-order valence-electron chi connectivity index (χ4n) is 3.64. The van der Waals surface area contributed by atoms with Crippen LogP contribution in [-0.4, -0.2) is 38.7 Å². The Kier molecular flexibility index (Phi) is 6.36. The van der Waals surface area contributed by atoms with E-state index in [1.165, 1.54) is 16.9 Å². The molecule has 1 aromatic carbocycles. The molecule has 3 aromatic rings. The number of fused-ring (bicyclic) bond motifs is 1. The van der Waals surface area contributed by atoms with Crippen molar-refractivity contribution in [3.63, 3.8) is 0 Å². The van der Waals surface area contributed by atoms with Gasteiger partial charge < -0.3 is 10.1 Å². The molecule has 0 saturated carbocycles. The first-order chi connectivity index (χ1) is 13.7. The summed E-state index contributed by atoms with van der Waals surface area (Å²) >= 11 is 1.49. The van der Waals surface area contributed by atoms with Crippen LogP contribution < -0.4 is 5.56 Å². The number of H-pyrrole nitrogens is 1. The summed E-state index contributed by atoms with van der Waals surface area (Å²) in [7, 11) is 0. The molecule has 0 fully saturated rings. The Balaban J connectivity index is 1.96. The number of thiophene rings is 1. The average molecular weight is 412 g/mol. The molecule has 0 radical (unpaired) electrons. The maximum Gasteiger partial charge on any atom is 0.260 e. The number of nitrogens with one attached hydrogen (secondary N) is 1. The number of benzene rings is 1. The van der Waals surface area contributed by atoms with Crippen LogP contribution in [0.3, 0.4) is 0 Å². The second kappa shape index (κ2) is 8.61. The van der Waals surface area contributed by atoms with Crippen LogP contribution in [0.5, 0.6) is 0 Å². The minimum atomic E-state index is -0.987. The fraction of sp³-hybridized carbons (Fsp3) is 0.391. The van der Waals surface area contributed by atoms with Gasteiger partial charge in [-0.3, -0.25) is 9.69 Å². The van der Waals surface area contributed by atoms with Gasteiger partial charge in [0.15, 0.2) is 0 Å². The van der Waals surface area contributed by atoms with E-state index in [9.17, 15) is 9.90 Å². The van der Waals surface area contributed by atoms with E-state index in [-0.39, 0.29) is 5.56 Å². The van der Waals surface area contributed by atoms with Crippen LogP contribution in [0.4, 0.5) is 0 Å². The first-order valence-electron chi connectivity index (χ1n) is 9.90. The van der Waals surface area contributed by atoms with Crippen molar-refractivity contribution < 1.29 is 5.11 Å². The summed E-state index contributed by atoms with van der Waals surface area (Å²) < 4.78 is 0. The molecule has 2 N–H and O–H groups in total. The van der Waals surface area contributed by atoms with Crippen LogP contribution in [0, 0.1) is 13.8 Å². The molecule has 0 amide bonds. The van der Waals surface area contributed by atoms with Gasteiger partial charge in [0.2, 0.25) is 0 Å². The van der Waals surface area contributed by atoms with Crippen molar-refractivity contribution in [1.29, 1.82) is 0 Å². The Hall–Kier alpha value is -2.28. The van der Waals surface area contributed by atoms with Gasteiger partial charge in [0.05, 0.1) is 17.5 Å². The molecule has 2 aromatic heterocycles. The molecule has 0 aliphatic heterocycles. The molecular formula is C23H29N3O2S. The Labute approximate surface area is 175 Å². The average Bonchev–Trinajstić information content (AvgIpc) is 3.06. The molecule has 29 heavy (non-hydrogen) atoms. The second-order valence-corrected chi connectivity index (χ2v) is 8.79. The van der Waals surface area contributed by atoms with E-state index in [1.54, 1.807) is 13.0 Å². The minimum absolute atomic E-state index is 0.117. The zero-order valence-corrected chi connectivity index (χ0v) is 18.4. The van der Waals surface area contributed by atoms with Crippen molar-refractivity contribution >= 4 is 21.6 Å². The molecule has 6 heteroatoms. The van der Waals surface area contributed by atoms with Crippen LogP contribution in [0.2, 0.25) is 0 Å². The molecule has 0 saturated heterocycles. The molecule has 1 atom stereocenters. The SMILES string of the molecule is C=CC(C)(O)CN(CCC)Cc1nc2scc(-c3ccc(C)cc3C)c2c(=O)[nH]1. The van der Waals surface area contributed by atoms with Crippen LogP contribution in [0.1, 0.15) is 37.2 Å². The van der Waals surface area contributed by atoms with Crippen LogP contribution in [0.25, 0.3) is 21.3 Å². The number of nitrogens with zero attached hydrogens (tertiary/aromatic N) is 2. The van der Waals surface area contributed by atoms with E-state index in [0.29, 0.717) is 24.3 Å². The minimum Gasteiger partial charge on any atom is -0.385 e. The topological polar surface area (TPSA) is 69.2 Å². The molecule has 154 valence electrons. The van der Waals surface area contributed by atoms with Crippen molar-refractivity contribution in [3.05, 3.63) is 63.5 Å². The number of rotatable bonds is 8. The Morgan fingerprint density at radius 3 is 2.76 bits per heavy atom. The lowest BCUT2D eigenvalue weighted by atomic mass is 9.99. The van der Waals surface area contributed by atoms with E-state index < -0.39 is 5.60 Å². The van der Waals surface area contributed by atoms with E-state index in [4.69, 9.17) is 4.98 Å². The predicted molar refractivity (Wildman–Crippen MR) is 122 cm³/mol. The third-order valence-electron chi connectivity index (χ3n) is 5.06. The molecule has 0 spiro atoms. The largest absolute Gasteiger partial charge is 0.385 e. The summed E-state index contributed by atoms with van der Waals surface area (Å²) in [6, 6.07) is 6.26. The molecule has 0 aliphatic carbocycles. The van der Waals surface area contributed by atoms with Gasteiger partial charge in [-0.1, -0.05) is 36.8 Å². The lowest BCUT2D eigenvalue weighted by Crippen LogP contribution is -2.40. The van der Waals surface area contributed by atoms with Crippen LogP contribution in [0.15, 0.2) is 41.0 Å². The van der Waals surface area contributed by atoms with Gasteiger partial charge in [0, 0.05) is 17.5 Å². The lowest BCUT2D eigenvalue weighted by Gasteiger charge is -2.28. The maximum atomic E-state index is 12.9. The summed E-state index contributed by atoms with van der Waals surface area (Å²) in [6.07, 6.45) is 2.49. The third-order valence-corrected chi connectivity index (χ3v) is 5.93. The zero-order valence-electron chi connectivity index (χ0n) is 17.6. The monoisotopic (exact) mass is 411 g/mol. The molecule has 0 aliphatic rings. The van der Waals surface area contributed by atoms with Crippen molar-refractivity contribution in [3.8, 4) is 11.1 Å². The Morgan fingerprint density at radius 2 is 2.10 bits per heavy atom. The number of aromatic amines is 1. The third kappa shape index (κ3) is 4.83. The van der Waals surface area contributed by atoms with E-state index in [1.807, 2.05) is 5.38 Å². The van der Waals surface area contributed by atoms with E-state index in [2.05, 4.69) is 55.4 Å². The van der Waals surface area contributed by atoms with Gasteiger partial charge in [0.25, 0.3) is 5.56 Å². The summed E-state index contributed by atoms with van der Waals surface area (Å²) in [5.74, 6) is 0.616. The summed E-state index contributed by atoms with van der Waals surface area (Å²) in [5.41, 5.74) is 3.24. The van der Waals surface area contributed by atoms with Gasteiger partial charge in [-0.2, -0.15) is 0 Å². The van der Waals surface area contributed by atoms with Crippen molar-refractivity contribution in [1.82, 2.24) is 14.9 Å². The molecule has 3 rings (SSSR count). The number of hydrogen-bond donors (Lipinski definition) is 2. The smallest absolute Gasteiger partial charge is 0.260 e. The van der Waals surface area contributed by atoms with Crippen LogP contribution in [-0.2, 0) is 6.54 Å². The highest BCUT2D eigenvalue weighted by atomic mass is 32.1.